The molecule has 1 aliphatic heterocycles. The fraction of sp³-hybridized carbons (Fsp3) is 0.346. The summed E-state index contributed by atoms with van der Waals surface area (Å²) in [6.07, 6.45) is 1.02. The molecule has 0 spiro atoms. The topological polar surface area (TPSA) is 78.0 Å². The molecule has 0 N–H and O–H groups in total. The molecule has 0 saturated carbocycles. The Morgan fingerprint density at radius 1 is 0.971 bits per heavy atom. The second-order valence-corrected chi connectivity index (χ2v) is 9.23. The molecule has 8 heteroatoms. The zero-order chi connectivity index (χ0) is 24.3. The number of carbonyl (C=O) groups is 2. The molecular weight excluding hydrogens is 452 g/mol. The van der Waals surface area contributed by atoms with Gasteiger partial charge in [-0.15, -0.1) is 11.3 Å². The van der Waals surface area contributed by atoms with Crippen LogP contribution in [0.2, 0.25) is 0 Å². The summed E-state index contributed by atoms with van der Waals surface area (Å²) in [5.74, 6) is 0.928. The van der Waals surface area contributed by atoms with Crippen LogP contribution in [0.1, 0.15) is 33.8 Å². The highest BCUT2D eigenvalue weighted by Gasteiger charge is 2.45. The van der Waals surface area contributed by atoms with Crippen molar-refractivity contribution in [1.82, 2.24) is 9.88 Å². The molecule has 178 valence electrons. The van der Waals surface area contributed by atoms with Gasteiger partial charge < -0.3 is 19.1 Å². The van der Waals surface area contributed by atoms with Crippen molar-refractivity contribution in [3.63, 3.8) is 0 Å². The normalized spacial score (nSPS) is 15.0. The van der Waals surface area contributed by atoms with Crippen molar-refractivity contribution in [1.29, 1.82) is 0 Å². The molecule has 2 heterocycles. The van der Waals surface area contributed by atoms with E-state index in [9.17, 15) is 9.59 Å². The van der Waals surface area contributed by atoms with E-state index >= 15 is 0 Å². The molecule has 3 aromatic rings. The molecule has 0 radical (unpaired) electrons. The van der Waals surface area contributed by atoms with Gasteiger partial charge in [0.15, 0.2) is 11.5 Å². The van der Waals surface area contributed by atoms with Crippen LogP contribution < -0.4 is 9.47 Å². The lowest BCUT2D eigenvalue weighted by Gasteiger charge is -2.40. The van der Waals surface area contributed by atoms with Gasteiger partial charge in [0.2, 0.25) is 0 Å². The maximum atomic E-state index is 13.4. The van der Waals surface area contributed by atoms with Crippen LogP contribution in [-0.4, -0.2) is 56.2 Å². The van der Waals surface area contributed by atoms with E-state index in [-0.39, 0.29) is 11.9 Å². The average Bonchev–Trinajstić information content (AvgIpc) is 3.29. The zero-order valence-corrected chi connectivity index (χ0v) is 20.6. The molecule has 0 aliphatic carbocycles. The van der Waals surface area contributed by atoms with Crippen LogP contribution in [0.25, 0.3) is 10.6 Å². The second-order valence-electron chi connectivity index (χ2n) is 8.24. The number of likely N-dealkylation sites (tertiary alicyclic amines) is 1. The van der Waals surface area contributed by atoms with Crippen molar-refractivity contribution in [2.75, 3.05) is 34.4 Å². The average molecular weight is 481 g/mol. The molecule has 2 aromatic carbocycles. The van der Waals surface area contributed by atoms with Gasteiger partial charge in [-0.25, -0.2) is 4.98 Å². The summed E-state index contributed by atoms with van der Waals surface area (Å²) in [7, 11) is 4.60. The Morgan fingerprint density at radius 2 is 1.65 bits per heavy atom. The SMILES string of the molecule is COC(=O)C1(c2ccccc2)CCN(C(=O)c2sc(-c3ccc(OC)c(OC)c3)nc2C)CC1. The number of nitrogens with zero attached hydrogens (tertiary/aromatic N) is 2. The van der Waals surface area contributed by atoms with E-state index in [1.165, 1.54) is 18.4 Å². The summed E-state index contributed by atoms with van der Waals surface area (Å²) in [5, 5.41) is 0.743. The van der Waals surface area contributed by atoms with E-state index in [0.29, 0.717) is 48.0 Å². The molecule has 1 fully saturated rings. The van der Waals surface area contributed by atoms with E-state index in [0.717, 1.165) is 16.1 Å². The van der Waals surface area contributed by atoms with E-state index in [2.05, 4.69) is 4.98 Å². The number of thiazole rings is 1. The van der Waals surface area contributed by atoms with Crippen molar-refractivity contribution < 1.29 is 23.8 Å². The maximum Gasteiger partial charge on any atom is 0.316 e. The predicted octanol–water partition coefficient (Wildman–Crippen LogP) is 4.48. The van der Waals surface area contributed by atoms with Gasteiger partial charge in [0.1, 0.15) is 9.88 Å². The summed E-state index contributed by atoms with van der Waals surface area (Å²) in [5.41, 5.74) is 1.74. The van der Waals surface area contributed by atoms with Gasteiger partial charge in [-0.1, -0.05) is 30.3 Å². The Morgan fingerprint density at radius 3 is 2.26 bits per heavy atom. The number of methoxy groups -OCH3 is 3. The third-order valence-electron chi connectivity index (χ3n) is 6.43. The minimum atomic E-state index is -0.736. The molecule has 7 nitrogen and oxygen atoms in total. The largest absolute Gasteiger partial charge is 0.493 e. The van der Waals surface area contributed by atoms with Gasteiger partial charge in [0, 0.05) is 18.7 Å². The molecule has 1 saturated heterocycles. The Kier molecular flexibility index (Phi) is 6.88. The van der Waals surface area contributed by atoms with Crippen LogP contribution in [0, 0.1) is 6.92 Å². The zero-order valence-electron chi connectivity index (χ0n) is 19.8. The molecule has 34 heavy (non-hydrogen) atoms. The number of rotatable bonds is 6. The van der Waals surface area contributed by atoms with Crippen LogP contribution in [0.15, 0.2) is 48.5 Å². The second kappa shape index (κ2) is 9.85. The fourth-order valence-corrected chi connectivity index (χ4v) is 5.52. The monoisotopic (exact) mass is 480 g/mol. The summed E-state index contributed by atoms with van der Waals surface area (Å²) < 4.78 is 15.9. The first-order valence-corrected chi connectivity index (χ1v) is 11.9. The third kappa shape index (κ3) is 4.25. The molecule has 0 unspecified atom stereocenters. The number of amides is 1. The number of hydrogen-bond donors (Lipinski definition) is 0. The molecule has 1 aliphatic rings. The third-order valence-corrected chi connectivity index (χ3v) is 7.62. The first-order chi connectivity index (χ1) is 16.4. The van der Waals surface area contributed by atoms with Crippen LogP contribution in [0.5, 0.6) is 11.5 Å². The highest BCUT2D eigenvalue weighted by Crippen LogP contribution is 2.39. The number of esters is 1. The summed E-state index contributed by atoms with van der Waals surface area (Å²) in [4.78, 5) is 33.3. The Hall–Kier alpha value is -3.39. The van der Waals surface area contributed by atoms with Crippen molar-refractivity contribution in [3.05, 3.63) is 64.7 Å². The summed E-state index contributed by atoms with van der Waals surface area (Å²) >= 11 is 1.36. The van der Waals surface area contributed by atoms with Crippen molar-refractivity contribution in [3.8, 4) is 22.1 Å². The lowest BCUT2D eigenvalue weighted by Crippen LogP contribution is -2.49. The smallest absolute Gasteiger partial charge is 0.316 e. The first-order valence-electron chi connectivity index (χ1n) is 11.1. The van der Waals surface area contributed by atoms with Gasteiger partial charge in [0.25, 0.3) is 5.91 Å². The highest BCUT2D eigenvalue weighted by molar-refractivity contribution is 7.17. The standard InChI is InChI=1S/C26H28N2O5S/c1-17-22(34-23(27-17)18-10-11-20(31-2)21(16-18)32-3)24(29)28-14-12-26(13-15-28,25(30)33-4)19-8-6-5-7-9-19/h5-11,16H,12-15H2,1-4H3. The van der Waals surface area contributed by atoms with Crippen LogP contribution in [0.3, 0.4) is 0 Å². The molecule has 4 rings (SSSR count). The number of aryl methyl sites for hydroxylation is 1. The number of benzene rings is 2. The number of aromatic nitrogens is 1. The van der Waals surface area contributed by atoms with Crippen LogP contribution in [-0.2, 0) is 14.9 Å². The molecular formula is C26H28N2O5S. The maximum absolute atomic E-state index is 13.4. The number of piperidine rings is 1. The highest BCUT2D eigenvalue weighted by atomic mass is 32.1. The number of ether oxygens (including phenoxy) is 3. The van der Waals surface area contributed by atoms with Gasteiger partial charge in [-0.3, -0.25) is 9.59 Å². The number of carbonyl (C=O) groups excluding carboxylic acids is 2. The van der Waals surface area contributed by atoms with Gasteiger partial charge in [-0.2, -0.15) is 0 Å². The van der Waals surface area contributed by atoms with Crippen LogP contribution in [0.4, 0.5) is 0 Å². The summed E-state index contributed by atoms with van der Waals surface area (Å²) in [6, 6.07) is 15.3. The van der Waals surface area contributed by atoms with Gasteiger partial charge in [-0.05, 0) is 43.5 Å². The fourth-order valence-electron chi connectivity index (χ4n) is 4.49. The Bertz CT molecular complexity index is 1180. The van der Waals surface area contributed by atoms with Gasteiger partial charge >= 0.3 is 5.97 Å². The summed E-state index contributed by atoms with van der Waals surface area (Å²) in [6.45, 7) is 2.78. The van der Waals surface area contributed by atoms with Gasteiger partial charge in [0.05, 0.1) is 32.4 Å². The molecule has 0 bridgehead atoms. The van der Waals surface area contributed by atoms with E-state index in [4.69, 9.17) is 14.2 Å². The lowest BCUT2D eigenvalue weighted by atomic mass is 9.72. The molecule has 1 amide bonds. The minimum Gasteiger partial charge on any atom is -0.493 e. The van der Waals surface area contributed by atoms with Crippen molar-refractivity contribution in [2.45, 2.75) is 25.2 Å². The van der Waals surface area contributed by atoms with E-state index < -0.39 is 5.41 Å². The first kappa shape index (κ1) is 23.8. The van der Waals surface area contributed by atoms with E-state index in [1.54, 1.807) is 14.2 Å². The lowest BCUT2D eigenvalue weighted by molar-refractivity contribution is -0.149. The van der Waals surface area contributed by atoms with Crippen molar-refractivity contribution >= 4 is 23.2 Å². The van der Waals surface area contributed by atoms with Crippen molar-refractivity contribution in [2.24, 2.45) is 0 Å². The number of hydrogen-bond acceptors (Lipinski definition) is 7. The Labute approximate surface area is 203 Å². The van der Waals surface area contributed by atoms with Crippen LogP contribution >= 0.6 is 11.3 Å². The molecule has 0 atom stereocenters. The molecule has 1 aromatic heterocycles. The predicted molar refractivity (Wildman–Crippen MR) is 131 cm³/mol. The Balaban J connectivity index is 1.55. The quantitative estimate of drug-likeness (QED) is 0.484. The minimum absolute atomic E-state index is 0.0618. The van der Waals surface area contributed by atoms with E-state index in [1.807, 2.05) is 60.4 Å².